The third kappa shape index (κ3) is 7.12. The molecule has 1 radical (unpaired) electrons. The molecule has 0 amide bonds. The van der Waals surface area contributed by atoms with Gasteiger partial charge >= 0.3 is 0 Å². The number of aryl methyl sites for hydroxylation is 3. The van der Waals surface area contributed by atoms with Crippen molar-refractivity contribution in [2.75, 3.05) is 0 Å². The standard InChI is InChI=1S/C27H20N3O.C17H22NSi.Ir/c1-16-8-6-9-17(2)24(16)30-23-13-5-4-12-22(23)29-26(30)21-11-7-10-19-20-15-14-18(3)28-27(20)31-25(19)21;1-13(2)14-6-8-15(9-7-14)17-11-10-16(12-18-17)19(3,4)5;/h4-10,12-15H,1-3H3;6-8,10-13H,1-5H3;/q2*-1;/i;13D;. The van der Waals surface area contributed by atoms with Crippen LogP contribution in [0.15, 0.2) is 108 Å². The molecule has 0 aliphatic carbocycles. The molecule has 8 aromatic rings. The van der Waals surface area contributed by atoms with Crippen molar-refractivity contribution < 1.29 is 25.9 Å². The van der Waals surface area contributed by atoms with Gasteiger partial charge in [-0.2, -0.15) is 0 Å². The quantitative estimate of drug-likeness (QED) is 0.128. The molecule has 0 bridgehead atoms. The molecule has 0 fully saturated rings. The average molecular weight is 864 g/mol. The topological polar surface area (TPSA) is 56.7 Å². The third-order valence-corrected chi connectivity index (χ3v) is 11.2. The van der Waals surface area contributed by atoms with E-state index >= 15 is 0 Å². The second kappa shape index (κ2) is 14.5. The normalized spacial score (nSPS) is 12.0. The maximum atomic E-state index is 8.01. The SMILES string of the molecule is Cc1ccc2c(n1)oc1c(-c3nc4ccccc4n3-c3c(C)cccc3C)[c-]ccc12.[2H]C(C)(C)c1c[c-]c(-c2ccc([Si](C)(C)C)cn2)cc1.[Ir]. The fourth-order valence-electron chi connectivity index (χ4n) is 6.35. The zero-order valence-electron chi connectivity index (χ0n) is 31.3. The van der Waals surface area contributed by atoms with E-state index in [0.29, 0.717) is 5.71 Å². The van der Waals surface area contributed by atoms with Crippen LogP contribution in [0.3, 0.4) is 0 Å². The van der Waals surface area contributed by atoms with E-state index in [2.05, 4.69) is 109 Å². The molecule has 7 heteroatoms. The number of nitrogens with zero attached hydrogens (tertiary/aromatic N) is 4. The summed E-state index contributed by atoms with van der Waals surface area (Å²) in [6, 6.07) is 39.5. The fourth-order valence-corrected chi connectivity index (χ4v) is 7.39. The number of hydrogen-bond acceptors (Lipinski definition) is 4. The smallest absolute Gasteiger partial charge is 0.216 e. The molecule has 0 unspecified atom stereocenters. The summed E-state index contributed by atoms with van der Waals surface area (Å²) < 4.78 is 16.5. The Morgan fingerprint density at radius 3 is 2.24 bits per heavy atom. The first kappa shape index (κ1) is 34.8. The van der Waals surface area contributed by atoms with Crippen LogP contribution < -0.4 is 5.19 Å². The van der Waals surface area contributed by atoms with E-state index in [-0.39, 0.29) is 20.1 Å². The predicted octanol–water partition coefficient (Wildman–Crippen LogP) is 10.9. The van der Waals surface area contributed by atoms with E-state index in [9.17, 15) is 0 Å². The van der Waals surface area contributed by atoms with Gasteiger partial charge in [0, 0.05) is 44.4 Å². The fraction of sp³-hybridized carbons (Fsp3) is 0.205. The first-order valence-electron chi connectivity index (χ1n) is 17.5. The van der Waals surface area contributed by atoms with E-state index in [0.717, 1.165) is 67.0 Å². The summed E-state index contributed by atoms with van der Waals surface area (Å²) in [7, 11) is -1.29. The number of pyridine rings is 2. The van der Waals surface area contributed by atoms with Crippen molar-refractivity contribution in [1.82, 2.24) is 19.5 Å². The van der Waals surface area contributed by atoms with E-state index < -0.39 is 14.0 Å². The number of hydrogen-bond donors (Lipinski definition) is 0. The van der Waals surface area contributed by atoms with Gasteiger partial charge in [0.1, 0.15) is 0 Å². The Hall–Kier alpha value is -4.68. The van der Waals surface area contributed by atoms with E-state index in [1.54, 1.807) is 0 Å². The van der Waals surface area contributed by atoms with Crippen molar-refractivity contribution in [2.24, 2.45) is 0 Å². The number of rotatable bonds is 5. The zero-order chi connectivity index (χ0) is 36.1. The second-order valence-electron chi connectivity index (χ2n) is 14.2. The molecule has 0 atom stereocenters. The third-order valence-electron chi connectivity index (χ3n) is 9.18. The van der Waals surface area contributed by atoms with E-state index in [4.69, 9.17) is 10.8 Å². The minimum Gasteiger partial charge on any atom is -0.486 e. The number of furan rings is 1. The van der Waals surface area contributed by atoms with Gasteiger partial charge in [-0.15, -0.1) is 53.6 Å². The van der Waals surface area contributed by atoms with Crippen molar-refractivity contribution in [3.8, 4) is 28.3 Å². The molecular weight excluding hydrogens is 821 g/mol. The number of aromatic nitrogens is 4. The van der Waals surface area contributed by atoms with Crippen LogP contribution in [0, 0.1) is 32.9 Å². The molecule has 0 aliphatic heterocycles. The van der Waals surface area contributed by atoms with Crippen LogP contribution in [0.4, 0.5) is 0 Å². The number of benzene rings is 4. The van der Waals surface area contributed by atoms with Crippen LogP contribution in [0.5, 0.6) is 0 Å². The predicted molar refractivity (Wildman–Crippen MR) is 210 cm³/mol. The first-order chi connectivity index (χ1) is 24.3. The molecule has 0 aliphatic rings. The molecule has 4 aromatic heterocycles. The summed E-state index contributed by atoms with van der Waals surface area (Å²) in [5, 5.41) is 3.40. The number of fused-ring (bicyclic) bond motifs is 4. The Morgan fingerprint density at radius 2 is 1.57 bits per heavy atom. The molecular formula is C44H42IrN4OSi-2. The van der Waals surface area contributed by atoms with Gasteiger partial charge in [-0.05, 0) is 67.0 Å². The molecule has 0 spiro atoms. The Bertz CT molecular complexity index is 2450. The summed E-state index contributed by atoms with van der Waals surface area (Å²) in [6.45, 7) is 17.0. The van der Waals surface area contributed by atoms with Gasteiger partial charge in [0.2, 0.25) is 5.71 Å². The zero-order valence-corrected chi connectivity index (χ0v) is 33.7. The van der Waals surface area contributed by atoms with Gasteiger partial charge in [0.05, 0.1) is 30.5 Å². The molecule has 0 saturated heterocycles. The van der Waals surface area contributed by atoms with Crippen LogP contribution >= 0.6 is 0 Å². The van der Waals surface area contributed by atoms with Gasteiger partial charge in [0.25, 0.3) is 0 Å². The Morgan fingerprint density at radius 1 is 0.804 bits per heavy atom. The molecule has 0 N–H and O–H groups in total. The Balaban J connectivity index is 0.000000193. The monoisotopic (exact) mass is 864 g/mol. The Kier molecular flexibility index (Phi) is 9.89. The van der Waals surface area contributed by atoms with Crippen molar-refractivity contribution in [3.05, 3.63) is 138 Å². The molecule has 4 heterocycles. The first-order valence-corrected chi connectivity index (χ1v) is 20.5. The van der Waals surface area contributed by atoms with Crippen molar-refractivity contribution >= 4 is 46.4 Å². The Labute approximate surface area is 316 Å². The summed E-state index contributed by atoms with van der Waals surface area (Å²) >= 11 is 0. The number of para-hydroxylation sites is 3. The molecule has 51 heavy (non-hydrogen) atoms. The van der Waals surface area contributed by atoms with Crippen molar-refractivity contribution in [2.45, 2.75) is 60.2 Å². The van der Waals surface area contributed by atoms with Gasteiger partial charge in [-0.3, -0.25) is 4.98 Å². The van der Waals surface area contributed by atoms with Crippen LogP contribution in [-0.2, 0) is 20.1 Å². The second-order valence-corrected chi connectivity index (χ2v) is 19.3. The summed E-state index contributed by atoms with van der Waals surface area (Å²) in [5.74, 6) is 0.240. The van der Waals surface area contributed by atoms with Crippen LogP contribution in [0.2, 0.25) is 19.6 Å². The van der Waals surface area contributed by atoms with Crippen LogP contribution in [-0.4, -0.2) is 27.6 Å². The summed E-state index contributed by atoms with van der Waals surface area (Å²) in [5.41, 5.74) is 11.6. The van der Waals surface area contributed by atoms with Crippen LogP contribution in [0.25, 0.3) is 61.4 Å². The molecule has 259 valence electrons. The maximum Gasteiger partial charge on any atom is 0.216 e. The minimum atomic E-state index is -1.29. The summed E-state index contributed by atoms with van der Waals surface area (Å²) in [6.07, 6.45) is 2.00. The van der Waals surface area contributed by atoms with Crippen molar-refractivity contribution in [3.63, 3.8) is 0 Å². The van der Waals surface area contributed by atoms with Crippen LogP contribution in [0.1, 0.15) is 43.5 Å². The minimum absolute atomic E-state index is 0. The van der Waals surface area contributed by atoms with E-state index in [1.165, 1.54) is 16.3 Å². The summed E-state index contributed by atoms with van der Waals surface area (Å²) in [4.78, 5) is 14.2. The van der Waals surface area contributed by atoms with Gasteiger partial charge in [-0.1, -0.05) is 92.8 Å². The largest absolute Gasteiger partial charge is 0.486 e. The van der Waals surface area contributed by atoms with Crippen molar-refractivity contribution in [1.29, 1.82) is 0 Å². The molecule has 5 nitrogen and oxygen atoms in total. The van der Waals surface area contributed by atoms with Gasteiger partial charge in [0.15, 0.2) is 0 Å². The molecule has 4 aromatic carbocycles. The van der Waals surface area contributed by atoms with E-state index in [1.807, 2.05) is 75.5 Å². The molecule has 8 rings (SSSR count). The number of imidazole rings is 1. The average Bonchev–Trinajstić information content (AvgIpc) is 3.66. The molecule has 0 saturated carbocycles. The van der Waals surface area contributed by atoms with Gasteiger partial charge in [-0.25, -0.2) is 4.98 Å². The van der Waals surface area contributed by atoms with Gasteiger partial charge < -0.3 is 14.0 Å². The maximum absolute atomic E-state index is 8.01.